The van der Waals surface area contributed by atoms with Gasteiger partial charge < -0.3 is 9.47 Å². The fourth-order valence-corrected chi connectivity index (χ4v) is 0.575. The minimum Gasteiger partial charge on any atom is -0.383 e. The first kappa shape index (κ1) is 7.14. The highest BCUT2D eigenvalue weighted by atomic mass is 28.1. The van der Waals surface area contributed by atoms with E-state index in [0.29, 0.717) is 0 Å². The molecule has 0 heterocycles. The summed E-state index contributed by atoms with van der Waals surface area (Å²) in [4.78, 5) is 0. The molecule has 0 unspecified atom stereocenters. The van der Waals surface area contributed by atoms with Crippen molar-refractivity contribution in [1.82, 2.24) is 0 Å². The molecular weight excluding hydrogens is 108 g/mol. The lowest BCUT2D eigenvalue weighted by Crippen LogP contribution is -2.01. The average molecular weight is 120 g/mol. The van der Waals surface area contributed by atoms with Gasteiger partial charge in [-0.2, -0.15) is 0 Å². The van der Waals surface area contributed by atoms with E-state index in [1.54, 1.807) is 7.11 Å². The first-order chi connectivity index (χ1) is 3.41. The zero-order valence-corrected chi connectivity index (χ0v) is 6.94. The Hall–Kier alpha value is 0.137. The molecule has 0 saturated heterocycles. The van der Waals surface area contributed by atoms with Crippen molar-refractivity contribution in [3.63, 3.8) is 0 Å². The summed E-state index contributed by atoms with van der Waals surface area (Å²) in [5, 5.41) is 0. The Bertz CT molecular complexity index is 28.9. The maximum absolute atomic E-state index is 5.01. The number of hydrogen-bond donors (Lipinski definition) is 0. The van der Waals surface area contributed by atoms with E-state index in [-0.39, 0.29) is 0 Å². The van der Waals surface area contributed by atoms with E-state index in [0.717, 1.165) is 29.7 Å². The van der Waals surface area contributed by atoms with Gasteiger partial charge in [0.05, 0.1) is 13.2 Å². The van der Waals surface area contributed by atoms with Gasteiger partial charge >= 0.3 is 0 Å². The Balaban J connectivity index is 2.45. The van der Waals surface area contributed by atoms with E-state index in [4.69, 9.17) is 9.47 Å². The number of hydrogen-bond acceptors (Lipinski definition) is 2. The fourth-order valence-electron chi connectivity index (χ4n) is 0.287. The standard InChI is InChI=1S/C4H12O2Si/c1-5-2-3-6-4-7/h2-4H2,1,7H3. The van der Waals surface area contributed by atoms with E-state index in [2.05, 4.69) is 0 Å². The molecule has 0 N–H and O–H groups in total. The van der Waals surface area contributed by atoms with Gasteiger partial charge in [-0.1, -0.05) is 0 Å². The zero-order valence-electron chi connectivity index (χ0n) is 4.94. The highest BCUT2D eigenvalue weighted by molar-refractivity contribution is 6.08. The molecule has 0 atom stereocenters. The molecular formula is C4H12O2Si. The van der Waals surface area contributed by atoms with Crippen molar-refractivity contribution in [3.8, 4) is 0 Å². The Morgan fingerprint density at radius 3 is 2.57 bits per heavy atom. The number of ether oxygens (including phenoxy) is 2. The van der Waals surface area contributed by atoms with Crippen LogP contribution in [-0.4, -0.2) is 36.8 Å². The van der Waals surface area contributed by atoms with Gasteiger partial charge in [-0.25, -0.2) is 0 Å². The lowest BCUT2D eigenvalue weighted by molar-refractivity contribution is 0.0934. The monoisotopic (exact) mass is 120 g/mol. The highest BCUT2D eigenvalue weighted by Gasteiger charge is 1.78. The van der Waals surface area contributed by atoms with Crippen LogP contribution in [0, 0.1) is 0 Å². The molecule has 0 aliphatic carbocycles. The fraction of sp³-hybridized carbons (Fsp3) is 1.00. The molecule has 0 spiro atoms. The average Bonchev–Trinajstić information content (AvgIpc) is 1.69. The van der Waals surface area contributed by atoms with Crippen LogP contribution in [0.4, 0.5) is 0 Å². The van der Waals surface area contributed by atoms with Crippen molar-refractivity contribution in [2.75, 3.05) is 26.6 Å². The van der Waals surface area contributed by atoms with Crippen LogP contribution in [-0.2, 0) is 9.47 Å². The van der Waals surface area contributed by atoms with Gasteiger partial charge in [-0.3, -0.25) is 0 Å². The van der Waals surface area contributed by atoms with Crippen molar-refractivity contribution in [2.24, 2.45) is 0 Å². The summed E-state index contributed by atoms with van der Waals surface area (Å²) in [7, 11) is 2.81. The van der Waals surface area contributed by atoms with Crippen LogP contribution >= 0.6 is 0 Å². The van der Waals surface area contributed by atoms with Gasteiger partial charge in [0.1, 0.15) is 0 Å². The summed E-state index contributed by atoms with van der Waals surface area (Å²) >= 11 is 0. The van der Waals surface area contributed by atoms with Crippen LogP contribution in [0.5, 0.6) is 0 Å². The van der Waals surface area contributed by atoms with Crippen LogP contribution in [0.15, 0.2) is 0 Å². The molecule has 0 aromatic rings. The van der Waals surface area contributed by atoms with Gasteiger partial charge in [0, 0.05) is 23.6 Å². The van der Waals surface area contributed by atoms with Crippen LogP contribution in [0.3, 0.4) is 0 Å². The summed E-state index contributed by atoms with van der Waals surface area (Å²) in [5.74, 6) is 0. The molecule has 7 heavy (non-hydrogen) atoms. The van der Waals surface area contributed by atoms with Gasteiger partial charge in [0.2, 0.25) is 0 Å². The third kappa shape index (κ3) is 6.14. The summed E-state index contributed by atoms with van der Waals surface area (Å²) in [6, 6.07) is 0. The van der Waals surface area contributed by atoms with Crippen molar-refractivity contribution >= 4 is 10.2 Å². The molecule has 0 aliphatic heterocycles. The normalized spacial score (nSPS) is 9.86. The minimum absolute atomic E-state index is 0.724. The predicted octanol–water partition coefficient (Wildman–Crippen LogP) is -1.03. The van der Waals surface area contributed by atoms with Crippen LogP contribution < -0.4 is 0 Å². The number of methoxy groups -OCH3 is 1. The first-order valence-corrected chi connectivity index (χ1v) is 3.90. The second-order valence-electron chi connectivity index (χ2n) is 1.19. The topological polar surface area (TPSA) is 18.5 Å². The smallest absolute Gasteiger partial charge is 0.0696 e. The largest absolute Gasteiger partial charge is 0.383 e. The summed E-state index contributed by atoms with van der Waals surface area (Å²) < 4.78 is 9.74. The summed E-state index contributed by atoms with van der Waals surface area (Å²) in [5.41, 5.74) is 0. The molecule has 0 bridgehead atoms. The molecule has 0 aliphatic rings. The second kappa shape index (κ2) is 6.14. The summed E-state index contributed by atoms with van der Waals surface area (Å²) in [6.45, 7) is 1.47. The van der Waals surface area contributed by atoms with Crippen LogP contribution in [0.2, 0.25) is 0 Å². The zero-order chi connectivity index (χ0) is 5.54. The lowest BCUT2D eigenvalue weighted by Gasteiger charge is -1.96. The molecule has 0 rings (SSSR count). The van der Waals surface area contributed by atoms with E-state index < -0.39 is 0 Å². The predicted molar refractivity (Wildman–Crippen MR) is 32.6 cm³/mol. The quantitative estimate of drug-likeness (QED) is 0.349. The molecule has 0 aromatic carbocycles. The molecule has 44 valence electrons. The van der Waals surface area contributed by atoms with Gasteiger partial charge in [0.25, 0.3) is 0 Å². The van der Waals surface area contributed by atoms with E-state index >= 15 is 0 Å². The molecule has 2 nitrogen and oxygen atoms in total. The third-order valence-corrected chi connectivity index (χ3v) is 1.04. The Kier molecular flexibility index (Phi) is 6.26. The molecule has 0 amide bonds. The molecule has 0 radical (unpaired) electrons. The molecule has 0 saturated carbocycles. The van der Waals surface area contributed by atoms with Crippen molar-refractivity contribution in [1.29, 1.82) is 0 Å². The van der Waals surface area contributed by atoms with E-state index in [9.17, 15) is 0 Å². The lowest BCUT2D eigenvalue weighted by atomic mass is 10.8. The van der Waals surface area contributed by atoms with Gasteiger partial charge in [-0.15, -0.1) is 0 Å². The minimum atomic E-state index is 0.724. The van der Waals surface area contributed by atoms with E-state index in [1.165, 1.54) is 0 Å². The maximum Gasteiger partial charge on any atom is 0.0696 e. The summed E-state index contributed by atoms with van der Waals surface area (Å²) in [6.07, 6.45) is 0.920. The van der Waals surface area contributed by atoms with Crippen LogP contribution in [0.25, 0.3) is 0 Å². The van der Waals surface area contributed by atoms with E-state index in [1.807, 2.05) is 0 Å². The Labute approximate surface area is 47.2 Å². The molecule has 3 heteroatoms. The third-order valence-electron chi connectivity index (χ3n) is 0.636. The van der Waals surface area contributed by atoms with Crippen molar-refractivity contribution in [3.05, 3.63) is 0 Å². The second-order valence-corrected chi connectivity index (χ2v) is 1.77. The first-order valence-electron chi connectivity index (χ1n) is 2.48. The highest BCUT2D eigenvalue weighted by Crippen LogP contribution is 1.69. The number of rotatable bonds is 4. The van der Waals surface area contributed by atoms with Crippen molar-refractivity contribution < 1.29 is 9.47 Å². The molecule has 0 fully saturated rings. The van der Waals surface area contributed by atoms with Gasteiger partial charge in [-0.05, 0) is 0 Å². The SMILES string of the molecule is COCCOC[SiH3]. The van der Waals surface area contributed by atoms with Crippen molar-refractivity contribution in [2.45, 2.75) is 0 Å². The maximum atomic E-state index is 5.01. The Morgan fingerprint density at radius 2 is 2.14 bits per heavy atom. The Morgan fingerprint density at radius 1 is 1.43 bits per heavy atom. The van der Waals surface area contributed by atoms with Gasteiger partial charge in [0.15, 0.2) is 0 Å². The van der Waals surface area contributed by atoms with Crippen LogP contribution in [0.1, 0.15) is 0 Å². The molecule has 0 aromatic heterocycles.